The highest BCUT2D eigenvalue weighted by Gasteiger charge is 2.24. The summed E-state index contributed by atoms with van der Waals surface area (Å²) in [6.45, 7) is 0. The maximum atomic E-state index is 5.26. The summed E-state index contributed by atoms with van der Waals surface area (Å²) in [5.41, 5.74) is 10.3. The van der Waals surface area contributed by atoms with Gasteiger partial charge >= 0.3 is 0 Å². The lowest BCUT2D eigenvalue weighted by molar-refractivity contribution is 1.08. The van der Waals surface area contributed by atoms with Crippen LogP contribution in [0.5, 0.6) is 0 Å². The zero-order chi connectivity index (χ0) is 42.8. The van der Waals surface area contributed by atoms with Crippen LogP contribution < -0.4 is 0 Å². The van der Waals surface area contributed by atoms with Gasteiger partial charge in [0, 0.05) is 42.4 Å². The van der Waals surface area contributed by atoms with Gasteiger partial charge in [0.25, 0.3) is 0 Å². The van der Waals surface area contributed by atoms with Crippen LogP contribution in [0.1, 0.15) is 0 Å². The van der Waals surface area contributed by atoms with Gasteiger partial charge in [0.15, 0.2) is 17.5 Å². The molecule has 302 valence electrons. The standard InChI is InChI=1S/C61H37N3S/c1-4-20-38(21-5-1)53-41-26-10-12-28-43(41)54(44-29-13-11-27-42(44)53)49-34-19-37-52-56(49)51-36-18-35-50(58(51)65-52)55-45-30-14-16-32-47(45)57(48-33-17-15-31-46(48)55)61-63-59(39-22-6-2-7-23-39)62-60(64-61)40-24-8-3-9-25-40/h1-37H. The largest absolute Gasteiger partial charge is 0.208 e. The van der Waals surface area contributed by atoms with Gasteiger partial charge in [0.05, 0.1) is 0 Å². The number of aromatic nitrogens is 3. The quantitative estimate of drug-likeness (QED) is 0.157. The first-order valence-corrected chi connectivity index (χ1v) is 22.8. The molecule has 0 radical (unpaired) electrons. The minimum Gasteiger partial charge on any atom is -0.208 e. The predicted molar refractivity (Wildman–Crippen MR) is 275 cm³/mol. The van der Waals surface area contributed by atoms with E-state index < -0.39 is 0 Å². The van der Waals surface area contributed by atoms with Crippen molar-refractivity contribution in [3.05, 3.63) is 224 Å². The van der Waals surface area contributed by atoms with Gasteiger partial charge in [-0.25, -0.2) is 15.0 Å². The topological polar surface area (TPSA) is 38.7 Å². The number of rotatable bonds is 6. The Bertz CT molecular complexity index is 3820. The Hall–Kier alpha value is -8.31. The van der Waals surface area contributed by atoms with Crippen LogP contribution in [0, 0.1) is 0 Å². The summed E-state index contributed by atoms with van der Waals surface area (Å²) < 4.78 is 2.54. The molecule has 0 bridgehead atoms. The van der Waals surface area contributed by atoms with Gasteiger partial charge in [-0.15, -0.1) is 11.3 Å². The van der Waals surface area contributed by atoms with Gasteiger partial charge in [-0.05, 0) is 77.0 Å². The Morgan fingerprint density at radius 3 is 1.09 bits per heavy atom. The van der Waals surface area contributed by atoms with Crippen LogP contribution in [0.2, 0.25) is 0 Å². The van der Waals surface area contributed by atoms with Crippen molar-refractivity contribution in [3.63, 3.8) is 0 Å². The average Bonchev–Trinajstić information content (AvgIpc) is 3.77. The van der Waals surface area contributed by atoms with Crippen molar-refractivity contribution >= 4 is 74.6 Å². The fourth-order valence-corrected chi connectivity index (χ4v) is 11.4. The van der Waals surface area contributed by atoms with E-state index in [-0.39, 0.29) is 0 Å². The van der Waals surface area contributed by atoms with E-state index in [1.807, 2.05) is 47.7 Å². The molecular formula is C61H37N3S. The first-order chi connectivity index (χ1) is 32.3. The van der Waals surface area contributed by atoms with Crippen molar-refractivity contribution in [2.75, 3.05) is 0 Å². The number of benzene rings is 11. The number of fused-ring (bicyclic) bond motifs is 7. The molecule has 2 aromatic heterocycles. The van der Waals surface area contributed by atoms with E-state index in [0.717, 1.165) is 38.2 Å². The molecule has 0 fully saturated rings. The van der Waals surface area contributed by atoms with Crippen LogP contribution in [0.4, 0.5) is 0 Å². The maximum Gasteiger partial charge on any atom is 0.165 e. The lowest BCUT2D eigenvalue weighted by Crippen LogP contribution is -2.01. The van der Waals surface area contributed by atoms with E-state index in [0.29, 0.717) is 17.5 Å². The van der Waals surface area contributed by atoms with Gasteiger partial charge in [-0.1, -0.05) is 218 Å². The zero-order valence-electron chi connectivity index (χ0n) is 35.1. The van der Waals surface area contributed by atoms with Crippen molar-refractivity contribution in [2.24, 2.45) is 0 Å². The van der Waals surface area contributed by atoms with Crippen LogP contribution in [-0.2, 0) is 0 Å². The molecule has 4 heteroatoms. The highest BCUT2D eigenvalue weighted by Crippen LogP contribution is 2.51. The van der Waals surface area contributed by atoms with Gasteiger partial charge < -0.3 is 0 Å². The minimum atomic E-state index is 0.646. The second kappa shape index (κ2) is 15.2. The van der Waals surface area contributed by atoms with E-state index in [2.05, 4.69) is 188 Å². The summed E-state index contributed by atoms with van der Waals surface area (Å²) in [7, 11) is 0. The molecule has 0 unspecified atom stereocenters. The van der Waals surface area contributed by atoms with E-state index in [1.165, 1.54) is 75.1 Å². The smallest absolute Gasteiger partial charge is 0.165 e. The molecule has 0 N–H and O–H groups in total. The van der Waals surface area contributed by atoms with Crippen LogP contribution in [0.15, 0.2) is 224 Å². The lowest BCUT2D eigenvalue weighted by atomic mass is 9.84. The Kier molecular flexibility index (Phi) is 8.71. The summed E-state index contributed by atoms with van der Waals surface area (Å²) in [5, 5.41) is 12.1. The van der Waals surface area contributed by atoms with E-state index in [9.17, 15) is 0 Å². The van der Waals surface area contributed by atoms with E-state index in [4.69, 9.17) is 15.0 Å². The van der Waals surface area contributed by atoms with Gasteiger partial charge in [0.1, 0.15) is 0 Å². The Morgan fingerprint density at radius 2 is 0.600 bits per heavy atom. The summed E-state index contributed by atoms with van der Waals surface area (Å²) in [5.74, 6) is 1.94. The SMILES string of the molecule is c1ccc(-c2nc(-c3ccccc3)nc(-c3c4ccccc4c(-c4cccc5c4sc4cccc(-c6c7ccccc7c(-c7ccccc7)c7ccccc67)c45)c4ccccc34)n2)cc1. The normalized spacial score (nSPS) is 11.7. The molecule has 65 heavy (non-hydrogen) atoms. The molecule has 0 amide bonds. The molecule has 0 atom stereocenters. The molecule has 0 aliphatic rings. The first-order valence-electron chi connectivity index (χ1n) is 22.0. The second-order valence-electron chi connectivity index (χ2n) is 16.5. The summed E-state index contributed by atoms with van der Waals surface area (Å²) in [4.78, 5) is 15.6. The van der Waals surface area contributed by atoms with Crippen molar-refractivity contribution in [2.45, 2.75) is 0 Å². The Morgan fingerprint density at radius 1 is 0.246 bits per heavy atom. The predicted octanol–water partition coefficient (Wildman–Crippen LogP) is 16.9. The number of hydrogen-bond donors (Lipinski definition) is 0. The van der Waals surface area contributed by atoms with Crippen LogP contribution in [0.25, 0.3) is 131 Å². The molecule has 2 heterocycles. The molecule has 0 saturated heterocycles. The number of hydrogen-bond acceptors (Lipinski definition) is 4. The molecule has 0 aliphatic heterocycles. The second-order valence-corrected chi connectivity index (χ2v) is 17.6. The average molecular weight is 844 g/mol. The molecule has 13 rings (SSSR count). The van der Waals surface area contributed by atoms with Crippen LogP contribution in [0.3, 0.4) is 0 Å². The molecule has 3 nitrogen and oxygen atoms in total. The molecular weight excluding hydrogens is 807 g/mol. The van der Waals surface area contributed by atoms with Crippen molar-refractivity contribution in [1.29, 1.82) is 0 Å². The minimum absolute atomic E-state index is 0.646. The third-order valence-electron chi connectivity index (χ3n) is 12.9. The summed E-state index contributed by atoms with van der Waals surface area (Å²) in [6, 6.07) is 80.5. The third-order valence-corrected chi connectivity index (χ3v) is 14.1. The monoisotopic (exact) mass is 843 g/mol. The molecule has 0 aliphatic carbocycles. The maximum absolute atomic E-state index is 5.26. The third kappa shape index (κ3) is 5.99. The highest BCUT2D eigenvalue weighted by atomic mass is 32.1. The van der Waals surface area contributed by atoms with Crippen molar-refractivity contribution < 1.29 is 0 Å². The molecule has 11 aromatic carbocycles. The fraction of sp³-hybridized carbons (Fsp3) is 0. The molecule has 0 spiro atoms. The fourth-order valence-electron chi connectivity index (χ4n) is 10.2. The zero-order valence-corrected chi connectivity index (χ0v) is 35.9. The number of nitrogens with zero attached hydrogens (tertiary/aromatic N) is 3. The van der Waals surface area contributed by atoms with Gasteiger partial charge in [-0.3, -0.25) is 0 Å². The number of thiophene rings is 1. The van der Waals surface area contributed by atoms with Crippen molar-refractivity contribution in [1.82, 2.24) is 15.0 Å². The first kappa shape index (κ1) is 37.3. The molecule has 0 saturated carbocycles. The van der Waals surface area contributed by atoms with Crippen molar-refractivity contribution in [3.8, 4) is 67.5 Å². The van der Waals surface area contributed by atoms with Gasteiger partial charge in [-0.2, -0.15) is 0 Å². The van der Waals surface area contributed by atoms with E-state index in [1.54, 1.807) is 0 Å². The molecule has 13 aromatic rings. The Labute approximate surface area is 379 Å². The van der Waals surface area contributed by atoms with Crippen LogP contribution >= 0.6 is 11.3 Å². The summed E-state index contributed by atoms with van der Waals surface area (Å²) in [6.07, 6.45) is 0. The lowest BCUT2D eigenvalue weighted by Gasteiger charge is -2.18. The van der Waals surface area contributed by atoms with E-state index >= 15 is 0 Å². The summed E-state index contributed by atoms with van der Waals surface area (Å²) >= 11 is 1.89. The van der Waals surface area contributed by atoms with Gasteiger partial charge in [0.2, 0.25) is 0 Å². The van der Waals surface area contributed by atoms with Crippen LogP contribution in [-0.4, -0.2) is 15.0 Å². The Balaban J connectivity index is 1.08. The highest BCUT2D eigenvalue weighted by molar-refractivity contribution is 7.26.